The number of hydrogen-bond acceptors (Lipinski definition) is 3. The van der Waals surface area contributed by atoms with Gasteiger partial charge in [-0.2, -0.15) is 0 Å². The second kappa shape index (κ2) is 7.64. The summed E-state index contributed by atoms with van der Waals surface area (Å²) in [5.74, 6) is 0.964. The molecule has 0 spiro atoms. The molecule has 1 fully saturated rings. The lowest BCUT2D eigenvalue weighted by Gasteiger charge is -2.19. The Morgan fingerprint density at radius 3 is 2.60 bits per heavy atom. The van der Waals surface area contributed by atoms with Crippen LogP contribution in [0.1, 0.15) is 43.9 Å². The lowest BCUT2D eigenvalue weighted by atomic mass is 9.97. The average Bonchev–Trinajstić information content (AvgIpc) is 3.40. The van der Waals surface area contributed by atoms with Crippen molar-refractivity contribution in [2.24, 2.45) is 11.8 Å². The van der Waals surface area contributed by atoms with Crippen molar-refractivity contribution in [1.29, 1.82) is 0 Å². The van der Waals surface area contributed by atoms with Crippen molar-refractivity contribution in [1.82, 2.24) is 14.9 Å². The van der Waals surface area contributed by atoms with Crippen LogP contribution >= 0.6 is 0 Å². The van der Waals surface area contributed by atoms with Gasteiger partial charge in [0.15, 0.2) is 0 Å². The Morgan fingerprint density at radius 2 is 2.00 bits per heavy atom. The molecule has 1 unspecified atom stereocenters. The van der Waals surface area contributed by atoms with Crippen LogP contribution < -0.4 is 11.0 Å². The van der Waals surface area contributed by atoms with Crippen LogP contribution in [0.2, 0.25) is 0 Å². The van der Waals surface area contributed by atoms with E-state index in [1.54, 1.807) is 12.3 Å². The minimum atomic E-state index is -0.404. The van der Waals surface area contributed by atoms with Gasteiger partial charge in [0, 0.05) is 12.4 Å². The van der Waals surface area contributed by atoms with Gasteiger partial charge in [0.25, 0.3) is 0 Å². The van der Waals surface area contributed by atoms with Crippen molar-refractivity contribution in [2.75, 3.05) is 0 Å². The first-order valence-electron chi connectivity index (χ1n) is 8.92. The predicted octanol–water partition coefficient (Wildman–Crippen LogP) is 2.71. The Balaban J connectivity index is 1.68. The number of amides is 1. The first-order valence-corrected chi connectivity index (χ1v) is 8.92. The zero-order valence-corrected chi connectivity index (χ0v) is 14.8. The van der Waals surface area contributed by atoms with E-state index in [0.29, 0.717) is 11.8 Å². The van der Waals surface area contributed by atoms with Gasteiger partial charge in [0.05, 0.1) is 6.04 Å². The van der Waals surface area contributed by atoms with Gasteiger partial charge in [-0.05, 0) is 48.3 Å². The molecule has 0 aliphatic heterocycles. The molecule has 2 aromatic rings. The summed E-state index contributed by atoms with van der Waals surface area (Å²) in [5.41, 5.74) is 2.06. The monoisotopic (exact) mass is 339 g/mol. The summed E-state index contributed by atoms with van der Waals surface area (Å²) in [5, 5.41) is 3.10. The summed E-state index contributed by atoms with van der Waals surface area (Å²) in [6.45, 7) is 4.42. The fourth-order valence-corrected chi connectivity index (χ4v) is 3.12. The first-order chi connectivity index (χ1) is 12.0. The van der Waals surface area contributed by atoms with Crippen LogP contribution in [-0.4, -0.2) is 15.5 Å². The molecule has 1 aromatic carbocycles. The zero-order valence-electron chi connectivity index (χ0n) is 14.8. The topological polar surface area (TPSA) is 64.0 Å². The molecular formula is C20H25N3O2. The number of carbonyl (C=O) groups excluding carboxylic acids is 1. The standard InChI is InChI=1S/C20H25N3O2/c1-14(2)12-15-4-6-16(7-5-15)19(17-8-9-17)22-18(24)13-23-11-3-10-21-20(23)25/h3-7,10-11,14,17,19H,8-9,12-13H2,1-2H3,(H,22,24). The number of rotatable bonds is 7. The zero-order chi connectivity index (χ0) is 17.8. The molecule has 1 amide bonds. The third kappa shape index (κ3) is 4.78. The van der Waals surface area contributed by atoms with E-state index in [-0.39, 0.29) is 18.5 Å². The summed E-state index contributed by atoms with van der Waals surface area (Å²) in [4.78, 5) is 27.7. The normalized spacial score (nSPS) is 15.2. The van der Waals surface area contributed by atoms with Crippen molar-refractivity contribution < 1.29 is 4.79 Å². The Kier molecular flexibility index (Phi) is 5.31. The van der Waals surface area contributed by atoms with Gasteiger partial charge in [-0.25, -0.2) is 9.78 Å². The maximum atomic E-state index is 12.4. The number of carbonyl (C=O) groups is 1. The van der Waals surface area contributed by atoms with E-state index in [1.807, 2.05) is 0 Å². The lowest BCUT2D eigenvalue weighted by molar-refractivity contribution is -0.122. The van der Waals surface area contributed by atoms with Crippen LogP contribution in [-0.2, 0) is 17.8 Å². The first kappa shape index (κ1) is 17.4. The second-order valence-electron chi connectivity index (χ2n) is 7.25. The highest BCUT2D eigenvalue weighted by molar-refractivity contribution is 5.76. The highest BCUT2D eigenvalue weighted by atomic mass is 16.2. The second-order valence-corrected chi connectivity index (χ2v) is 7.25. The van der Waals surface area contributed by atoms with Gasteiger partial charge in [0.1, 0.15) is 6.54 Å². The third-order valence-corrected chi connectivity index (χ3v) is 4.49. The maximum absolute atomic E-state index is 12.4. The molecule has 1 atom stereocenters. The fraction of sp³-hybridized carbons (Fsp3) is 0.450. The van der Waals surface area contributed by atoms with Crippen molar-refractivity contribution in [3.63, 3.8) is 0 Å². The molecule has 1 aliphatic rings. The number of nitrogens with zero attached hydrogens (tertiary/aromatic N) is 2. The largest absolute Gasteiger partial charge is 0.347 e. The van der Waals surface area contributed by atoms with Crippen LogP contribution in [0.25, 0.3) is 0 Å². The summed E-state index contributed by atoms with van der Waals surface area (Å²) >= 11 is 0. The molecule has 25 heavy (non-hydrogen) atoms. The SMILES string of the molecule is CC(C)Cc1ccc(C(NC(=O)Cn2cccnc2=O)C2CC2)cc1. The molecule has 0 bridgehead atoms. The van der Waals surface area contributed by atoms with Gasteiger partial charge >= 0.3 is 5.69 Å². The Morgan fingerprint density at radius 1 is 1.28 bits per heavy atom. The van der Waals surface area contributed by atoms with Crippen LogP contribution in [0.3, 0.4) is 0 Å². The van der Waals surface area contributed by atoms with E-state index in [1.165, 1.54) is 16.3 Å². The number of benzene rings is 1. The number of hydrogen-bond donors (Lipinski definition) is 1. The van der Waals surface area contributed by atoms with Gasteiger partial charge in [-0.1, -0.05) is 38.1 Å². The van der Waals surface area contributed by atoms with Crippen LogP contribution in [0.4, 0.5) is 0 Å². The van der Waals surface area contributed by atoms with Crippen LogP contribution in [0.5, 0.6) is 0 Å². The van der Waals surface area contributed by atoms with E-state index in [2.05, 4.69) is 48.4 Å². The molecule has 0 saturated heterocycles. The smallest absolute Gasteiger partial charge is 0.347 e. The van der Waals surface area contributed by atoms with E-state index < -0.39 is 5.69 Å². The summed E-state index contributed by atoms with van der Waals surface area (Å²) in [7, 11) is 0. The maximum Gasteiger partial charge on any atom is 0.347 e. The Labute approximate surface area is 148 Å². The molecular weight excluding hydrogens is 314 g/mol. The molecule has 3 rings (SSSR count). The van der Waals surface area contributed by atoms with E-state index >= 15 is 0 Å². The fourth-order valence-electron chi connectivity index (χ4n) is 3.12. The molecule has 0 radical (unpaired) electrons. The van der Waals surface area contributed by atoms with Gasteiger partial charge in [-0.15, -0.1) is 0 Å². The molecule has 132 valence electrons. The Hall–Kier alpha value is -2.43. The molecule has 1 aliphatic carbocycles. The molecule has 5 nitrogen and oxygen atoms in total. The van der Waals surface area contributed by atoms with E-state index in [0.717, 1.165) is 24.8 Å². The van der Waals surface area contributed by atoms with E-state index in [4.69, 9.17) is 0 Å². The highest BCUT2D eigenvalue weighted by Crippen LogP contribution is 2.41. The third-order valence-electron chi connectivity index (χ3n) is 4.49. The van der Waals surface area contributed by atoms with Crippen LogP contribution in [0, 0.1) is 11.8 Å². The predicted molar refractivity (Wildman–Crippen MR) is 97.1 cm³/mol. The van der Waals surface area contributed by atoms with E-state index in [9.17, 15) is 9.59 Å². The molecule has 1 heterocycles. The van der Waals surface area contributed by atoms with Crippen molar-refractivity contribution in [2.45, 2.75) is 45.7 Å². The minimum absolute atomic E-state index is 0.00132. The number of aromatic nitrogens is 2. The van der Waals surface area contributed by atoms with Crippen molar-refractivity contribution in [3.8, 4) is 0 Å². The summed E-state index contributed by atoms with van der Waals surface area (Å²) in [6.07, 6.45) is 6.34. The van der Waals surface area contributed by atoms with Gasteiger partial charge < -0.3 is 5.32 Å². The Bertz CT molecular complexity index is 776. The molecule has 5 heteroatoms. The molecule has 1 aromatic heterocycles. The minimum Gasteiger partial charge on any atom is -0.347 e. The highest BCUT2D eigenvalue weighted by Gasteiger charge is 2.33. The molecule has 1 N–H and O–H groups in total. The number of nitrogens with one attached hydrogen (secondary N) is 1. The van der Waals surface area contributed by atoms with Crippen LogP contribution in [0.15, 0.2) is 47.5 Å². The van der Waals surface area contributed by atoms with Gasteiger partial charge in [-0.3, -0.25) is 9.36 Å². The van der Waals surface area contributed by atoms with Crippen molar-refractivity contribution in [3.05, 3.63) is 64.3 Å². The van der Waals surface area contributed by atoms with Crippen molar-refractivity contribution >= 4 is 5.91 Å². The summed E-state index contributed by atoms with van der Waals surface area (Å²) in [6, 6.07) is 10.2. The summed E-state index contributed by atoms with van der Waals surface area (Å²) < 4.78 is 1.32. The lowest BCUT2D eigenvalue weighted by Crippen LogP contribution is -2.35. The molecule has 1 saturated carbocycles. The quantitative estimate of drug-likeness (QED) is 0.843. The average molecular weight is 339 g/mol. The van der Waals surface area contributed by atoms with Gasteiger partial charge in [0.2, 0.25) is 5.91 Å².